The molecule has 0 N–H and O–H groups in total. The summed E-state index contributed by atoms with van der Waals surface area (Å²) in [5.74, 6) is 0.786. The molecule has 1 saturated carbocycles. The van der Waals surface area contributed by atoms with Crippen molar-refractivity contribution in [1.82, 2.24) is 9.55 Å². The van der Waals surface area contributed by atoms with Crippen molar-refractivity contribution in [1.29, 1.82) is 0 Å². The summed E-state index contributed by atoms with van der Waals surface area (Å²) in [5, 5.41) is 0.796. The van der Waals surface area contributed by atoms with Gasteiger partial charge in [-0.2, -0.15) is 0 Å². The molecule has 2 aliphatic carbocycles. The second-order valence-electron chi connectivity index (χ2n) is 9.92. The van der Waals surface area contributed by atoms with Gasteiger partial charge in [-0.15, -0.1) is 0 Å². The van der Waals surface area contributed by atoms with Crippen molar-refractivity contribution in [2.24, 2.45) is 0 Å². The highest BCUT2D eigenvalue weighted by Crippen LogP contribution is 2.48. The number of benzene rings is 2. The van der Waals surface area contributed by atoms with Gasteiger partial charge in [-0.1, -0.05) is 97.3 Å². The number of aromatic nitrogens is 2. The van der Waals surface area contributed by atoms with Gasteiger partial charge >= 0.3 is 0 Å². The first-order valence-electron chi connectivity index (χ1n) is 12.0. The summed E-state index contributed by atoms with van der Waals surface area (Å²) < 4.78 is 1.89. The third-order valence-electron chi connectivity index (χ3n) is 7.19. The number of rotatable bonds is 5. The summed E-state index contributed by atoms with van der Waals surface area (Å²) in [6.45, 7) is 8.73. The highest BCUT2D eigenvalue weighted by molar-refractivity contribution is 7.98. The van der Waals surface area contributed by atoms with E-state index in [1.54, 1.807) is 11.8 Å². The molecular formula is C29H32N2OS. The van der Waals surface area contributed by atoms with Crippen LogP contribution in [0.5, 0.6) is 0 Å². The van der Waals surface area contributed by atoms with E-state index in [9.17, 15) is 4.79 Å². The summed E-state index contributed by atoms with van der Waals surface area (Å²) in [4.78, 5) is 19.4. The molecule has 1 fully saturated rings. The second kappa shape index (κ2) is 8.98. The van der Waals surface area contributed by atoms with Gasteiger partial charge in [-0.3, -0.25) is 9.36 Å². The van der Waals surface area contributed by atoms with Crippen LogP contribution in [-0.2, 0) is 24.1 Å². The molecule has 33 heavy (non-hydrogen) atoms. The fraction of sp³-hybridized carbons (Fsp3) is 0.379. The minimum absolute atomic E-state index is 0.0804. The fourth-order valence-corrected chi connectivity index (χ4v) is 6.52. The second-order valence-corrected chi connectivity index (χ2v) is 10.9. The summed E-state index contributed by atoms with van der Waals surface area (Å²) in [6, 6.07) is 17.2. The van der Waals surface area contributed by atoms with Crippen LogP contribution in [0.25, 0.3) is 11.3 Å². The molecule has 0 radical (unpaired) electrons. The third-order valence-corrected chi connectivity index (χ3v) is 8.24. The van der Waals surface area contributed by atoms with E-state index in [1.807, 2.05) is 11.5 Å². The van der Waals surface area contributed by atoms with Gasteiger partial charge in [0.2, 0.25) is 0 Å². The van der Waals surface area contributed by atoms with E-state index in [-0.39, 0.29) is 11.0 Å². The Bertz CT molecular complexity index is 1250. The van der Waals surface area contributed by atoms with Gasteiger partial charge in [0.25, 0.3) is 5.56 Å². The minimum atomic E-state index is -0.0804. The molecule has 5 rings (SSSR count). The predicted octanol–water partition coefficient (Wildman–Crippen LogP) is 6.85. The minimum Gasteiger partial charge on any atom is -0.283 e. The number of hydrogen-bond donors (Lipinski definition) is 0. The zero-order valence-corrected chi connectivity index (χ0v) is 20.5. The van der Waals surface area contributed by atoms with E-state index in [0.717, 1.165) is 52.6 Å². The van der Waals surface area contributed by atoms with Gasteiger partial charge in [0.1, 0.15) is 0 Å². The summed E-state index contributed by atoms with van der Waals surface area (Å²) >= 11 is 1.66. The zero-order chi connectivity index (χ0) is 23.0. The standard InChI is InChI=1S/C29H32N2OS/c1-20(2)18-31-27(32)25-26(30-28(31)33-19-22-13-11-21(3)12-14-22)24-10-6-5-9-23(24)17-29(25)15-7-4-8-16-29/h5-6,9-14H,1,4,7-8,15-19H2,2-3H3. The van der Waals surface area contributed by atoms with Crippen LogP contribution in [-0.4, -0.2) is 9.55 Å². The lowest BCUT2D eigenvalue weighted by atomic mass is 9.62. The van der Waals surface area contributed by atoms with Crippen LogP contribution in [0.1, 0.15) is 61.3 Å². The SMILES string of the molecule is C=C(C)Cn1c(SCc2ccc(C)cc2)nc2c(c1=O)C1(CCCCC1)Cc1ccccc1-2. The first kappa shape index (κ1) is 22.2. The molecule has 3 nitrogen and oxygen atoms in total. The molecule has 1 heterocycles. The molecule has 170 valence electrons. The number of thioether (sulfide) groups is 1. The lowest BCUT2D eigenvalue weighted by Gasteiger charge is -2.42. The van der Waals surface area contributed by atoms with Crippen LogP contribution in [0.3, 0.4) is 0 Å². The van der Waals surface area contributed by atoms with Crippen LogP contribution in [0.15, 0.2) is 70.6 Å². The Balaban J connectivity index is 1.66. The van der Waals surface area contributed by atoms with Crippen LogP contribution < -0.4 is 5.56 Å². The van der Waals surface area contributed by atoms with Gasteiger partial charge < -0.3 is 0 Å². The number of aryl methyl sites for hydroxylation is 1. The number of hydrogen-bond acceptors (Lipinski definition) is 3. The van der Waals surface area contributed by atoms with Crippen molar-refractivity contribution in [2.45, 2.75) is 75.2 Å². The molecule has 0 atom stereocenters. The van der Waals surface area contributed by atoms with Gasteiger partial charge in [-0.05, 0) is 44.2 Å². The first-order chi connectivity index (χ1) is 16.0. The van der Waals surface area contributed by atoms with E-state index < -0.39 is 0 Å². The molecule has 0 bridgehead atoms. The molecule has 1 aromatic heterocycles. The smallest absolute Gasteiger partial charge is 0.258 e. The van der Waals surface area contributed by atoms with Gasteiger partial charge in [0, 0.05) is 23.3 Å². The van der Waals surface area contributed by atoms with E-state index in [1.165, 1.54) is 36.0 Å². The van der Waals surface area contributed by atoms with Crippen molar-refractivity contribution >= 4 is 11.8 Å². The van der Waals surface area contributed by atoms with Crippen LogP contribution >= 0.6 is 11.8 Å². The van der Waals surface area contributed by atoms with Crippen LogP contribution in [0.4, 0.5) is 0 Å². The Morgan fingerprint density at radius 3 is 2.55 bits per heavy atom. The highest BCUT2D eigenvalue weighted by Gasteiger charge is 2.43. The predicted molar refractivity (Wildman–Crippen MR) is 138 cm³/mol. The van der Waals surface area contributed by atoms with Crippen molar-refractivity contribution in [3.8, 4) is 11.3 Å². The average Bonchev–Trinajstić information content (AvgIpc) is 2.81. The van der Waals surface area contributed by atoms with E-state index in [2.05, 4.69) is 62.0 Å². The molecule has 0 saturated heterocycles. The topological polar surface area (TPSA) is 34.9 Å². The fourth-order valence-electron chi connectivity index (χ4n) is 5.57. The van der Waals surface area contributed by atoms with Crippen LogP contribution in [0.2, 0.25) is 0 Å². The molecular weight excluding hydrogens is 424 g/mol. The zero-order valence-electron chi connectivity index (χ0n) is 19.7. The number of nitrogens with zero attached hydrogens (tertiary/aromatic N) is 2. The largest absolute Gasteiger partial charge is 0.283 e. The maximum absolute atomic E-state index is 14.2. The van der Waals surface area contributed by atoms with Crippen molar-refractivity contribution < 1.29 is 0 Å². The Hall–Kier alpha value is -2.59. The molecule has 2 aromatic carbocycles. The highest BCUT2D eigenvalue weighted by atomic mass is 32.2. The Kier molecular flexibility index (Phi) is 6.05. The lowest BCUT2D eigenvalue weighted by Crippen LogP contribution is -2.43. The summed E-state index contributed by atoms with van der Waals surface area (Å²) in [6.07, 6.45) is 6.74. The van der Waals surface area contributed by atoms with Gasteiger partial charge in [0.05, 0.1) is 11.3 Å². The monoisotopic (exact) mass is 456 g/mol. The normalized spacial score (nSPS) is 16.3. The van der Waals surface area contributed by atoms with Gasteiger partial charge in [0.15, 0.2) is 5.16 Å². The quantitative estimate of drug-likeness (QED) is 0.239. The summed E-state index contributed by atoms with van der Waals surface area (Å²) in [5.41, 5.74) is 7.90. The maximum Gasteiger partial charge on any atom is 0.258 e. The maximum atomic E-state index is 14.2. The van der Waals surface area contributed by atoms with E-state index in [0.29, 0.717) is 6.54 Å². The molecule has 0 aliphatic heterocycles. The average molecular weight is 457 g/mol. The van der Waals surface area contributed by atoms with Gasteiger partial charge in [-0.25, -0.2) is 4.98 Å². The summed E-state index contributed by atoms with van der Waals surface area (Å²) in [7, 11) is 0. The Labute approximate surface area is 201 Å². The third kappa shape index (κ3) is 4.21. The molecule has 0 unspecified atom stereocenters. The molecule has 1 spiro atoms. The lowest BCUT2D eigenvalue weighted by molar-refractivity contribution is 0.282. The van der Waals surface area contributed by atoms with E-state index >= 15 is 0 Å². The van der Waals surface area contributed by atoms with Crippen molar-refractivity contribution in [3.63, 3.8) is 0 Å². The molecule has 2 aliphatic rings. The molecule has 4 heteroatoms. The molecule has 0 amide bonds. The first-order valence-corrected chi connectivity index (χ1v) is 13.0. The van der Waals surface area contributed by atoms with Crippen LogP contribution in [0, 0.1) is 6.92 Å². The Morgan fingerprint density at radius 1 is 1.09 bits per heavy atom. The van der Waals surface area contributed by atoms with Crippen molar-refractivity contribution in [2.75, 3.05) is 0 Å². The molecule has 3 aromatic rings. The number of fused-ring (bicyclic) bond motifs is 4. The number of allylic oxidation sites excluding steroid dienone is 1. The van der Waals surface area contributed by atoms with E-state index in [4.69, 9.17) is 4.98 Å². The Morgan fingerprint density at radius 2 is 1.82 bits per heavy atom. The van der Waals surface area contributed by atoms with Crippen molar-refractivity contribution in [3.05, 3.63) is 93.3 Å².